The largest absolute Gasteiger partial charge is 0.507 e. The number of carbonyl (C=O) groups excluding carboxylic acids is 4. The van der Waals surface area contributed by atoms with Gasteiger partial charge in [0.25, 0.3) is 11.7 Å². The molecule has 3 aliphatic heterocycles. The van der Waals surface area contributed by atoms with Gasteiger partial charge in [0, 0.05) is 61.3 Å². The van der Waals surface area contributed by atoms with Crippen LogP contribution in [0.4, 0.5) is 0 Å². The number of phenols is 1. The highest BCUT2D eigenvalue weighted by atomic mass is 16.7. The number of carbonyl (C=O) groups is 4. The molecule has 0 radical (unpaired) electrons. The Morgan fingerprint density at radius 2 is 1.59 bits per heavy atom. The number of phenolic OH excluding ortho intramolecular Hbond substituents is 1. The molecule has 5 rings (SSSR count). The molecule has 14 nitrogen and oxygen atoms in total. The Morgan fingerprint density at radius 3 is 2.20 bits per heavy atom. The van der Waals surface area contributed by atoms with Crippen molar-refractivity contribution in [2.75, 3.05) is 7.11 Å². The molecule has 0 saturated carbocycles. The van der Waals surface area contributed by atoms with E-state index < -0.39 is 88.8 Å². The van der Waals surface area contributed by atoms with E-state index in [-0.39, 0.29) is 45.0 Å². The number of methoxy groups -OCH3 is 1. The van der Waals surface area contributed by atoms with Crippen LogP contribution in [0.2, 0.25) is 0 Å². The summed E-state index contributed by atoms with van der Waals surface area (Å²) in [6.07, 6.45) is 3.44. The van der Waals surface area contributed by atoms with Crippen LogP contribution >= 0.6 is 0 Å². The number of amides is 1. The molecule has 0 aromatic heterocycles. The third-order valence-corrected chi connectivity index (χ3v) is 10.0. The summed E-state index contributed by atoms with van der Waals surface area (Å²) >= 11 is 0. The second-order valence-electron chi connectivity index (χ2n) is 13.6. The maximum absolute atomic E-state index is 14.0. The monoisotopic (exact) mass is 709 g/mol. The molecule has 9 atom stereocenters. The molecule has 276 valence electrons. The molecular weight excluding hydrogens is 662 g/mol. The van der Waals surface area contributed by atoms with E-state index in [1.807, 2.05) is 0 Å². The number of hydrogen-bond donors (Lipinski definition) is 5. The Kier molecular flexibility index (Phi) is 11.3. The quantitative estimate of drug-likeness (QED) is 0.279. The molecular formula is C37H47N3O11. The predicted octanol–water partition coefficient (Wildman–Crippen LogP) is 3.00. The van der Waals surface area contributed by atoms with Crippen molar-refractivity contribution in [2.45, 2.75) is 85.6 Å². The van der Waals surface area contributed by atoms with Gasteiger partial charge in [-0.05, 0) is 19.9 Å². The van der Waals surface area contributed by atoms with Gasteiger partial charge in [-0.3, -0.25) is 19.2 Å². The third kappa shape index (κ3) is 7.08. The van der Waals surface area contributed by atoms with E-state index in [1.165, 1.54) is 59.3 Å². The summed E-state index contributed by atoms with van der Waals surface area (Å²) in [5, 5.41) is 33.8. The lowest BCUT2D eigenvalue weighted by molar-refractivity contribution is -0.160. The summed E-state index contributed by atoms with van der Waals surface area (Å²) in [6.45, 7) is 12.4. The summed E-state index contributed by atoms with van der Waals surface area (Å²) in [7, 11) is 1.43. The van der Waals surface area contributed by atoms with Crippen LogP contribution in [0.5, 0.6) is 11.5 Å². The number of nitrogens with two attached hydrogens (primary N) is 2. The van der Waals surface area contributed by atoms with Crippen LogP contribution in [-0.4, -0.2) is 81.8 Å². The number of ether oxygens (including phenoxy) is 4. The number of benzene rings is 1. The van der Waals surface area contributed by atoms with Gasteiger partial charge in [0.05, 0.1) is 47.1 Å². The zero-order chi connectivity index (χ0) is 38.3. The zero-order valence-electron chi connectivity index (χ0n) is 30.2. The van der Waals surface area contributed by atoms with Gasteiger partial charge >= 0.3 is 11.8 Å². The maximum atomic E-state index is 14.0. The lowest BCUT2D eigenvalue weighted by Crippen LogP contribution is -2.46. The van der Waals surface area contributed by atoms with Gasteiger partial charge in [0.2, 0.25) is 5.78 Å². The molecule has 0 unspecified atom stereocenters. The fraction of sp³-hybridized carbons (Fsp3) is 0.486. The lowest BCUT2D eigenvalue weighted by Gasteiger charge is -2.38. The fourth-order valence-corrected chi connectivity index (χ4v) is 6.72. The van der Waals surface area contributed by atoms with Crippen LogP contribution < -0.4 is 16.2 Å². The molecule has 0 fully saturated rings. The van der Waals surface area contributed by atoms with Crippen LogP contribution in [0.3, 0.4) is 0 Å². The highest BCUT2D eigenvalue weighted by Gasteiger charge is 2.51. The van der Waals surface area contributed by atoms with E-state index in [1.54, 1.807) is 33.8 Å². The molecule has 1 aliphatic carbocycles. The Bertz CT molecular complexity index is 1790. The Hall–Kier alpha value is -4.79. The standard InChI is InChI=1S/C37H47N3O11/c1-15-11-10-12-16(2)36(47)40-28-27(39)26(38)23-24(32(28)45)31(44)20(6)34-25(23)35(46)37(8,51-34)49-14-13-22(48-9)17(3)33(50-21(7)41)19(5)30(43)18(4)29(15)42/h10-15,17-19,22,29-30,33,42-44H,38-39H2,1-9H3/b11-10+,14-13+,16-12-,40-28?/t15-,17-,18-,19-,22+,29+,30+,33-,37+/m1/s1. The molecule has 4 aliphatic rings. The van der Waals surface area contributed by atoms with Gasteiger partial charge in [-0.25, -0.2) is 4.99 Å². The number of esters is 1. The van der Waals surface area contributed by atoms with E-state index in [2.05, 4.69) is 4.99 Å². The number of allylic oxidation sites excluding steroid dienone is 3. The number of hydrogen-bond acceptors (Lipinski definition) is 13. The number of nitrogens with zero attached hydrogens (tertiary/aromatic N) is 1. The van der Waals surface area contributed by atoms with Crippen LogP contribution in [0.1, 0.15) is 80.3 Å². The topological polar surface area (TPSA) is 230 Å². The lowest BCUT2D eigenvalue weighted by atomic mass is 9.78. The van der Waals surface area contributed by atoms with Crippen LogP contribution in [0.15, 0.2) is 46.8 Å². The molecule has 1 aromatic carbocycles. The molecule has 0 saturated heterocycles. The van der Waals surface area contributed by atoms with Gasteiger partial charge in [-0.1, -0.05) is 45.9 Å². The van der Waals surface area contributed by atoms with E-state index >= 15 is 0 Å². The van der Waals surface area contributed by atoms with Crippen molar-refractivity contribution >= 4 is 34.9 Å². The molecule has 0 spiro atoms. The Balaban J connectivity index is 1.89. The Labute approximate surface area is 296 Å². The number of ketones is 2. The second-order valence-corrected chi connectivity index (χ2v) is 13.6. The van der Waals surface area contributed by atoms with Crippen molar-refractivity contribution < 1.29 is 53.4 Å². The Morgan fingerprint density at radius 1 is 0.941 bits per heavy atom. The van der Waals surface area contributed by atoms with Crippen LogP contribution in [0.25, 0.3) is 5.70 Å². The molecule has 1 aromatic rings. The minimum Gasteiger partial charge on any atom is -0.507 e. The van der Waals surface area contributed by atoms with Crippen LogP contribution in [-0.2, 0) is 23.8 Å². The number of aromatic hydroxyl groups is 1. The minimum absolute atomic E-state index is 0.0399. The highest BCUT2D eigenvalue weighted by molar-refractivity contribution is 6.56. The van der Waals surface area contributed by atoms with Gasteiger partial charge in [-0.15, -0.1) is 0 Å². The van der Waals surface area contributed by atoms with E-state index in [9.17, 15) is 34.5 Å². The summed E-state index contributed by atoms with van der Waals surface area (Å²) in [5.41, 5.74) is 11.0. The SMILES string of the molecule is CO[C@H]1/C=C/O[C@@]2(C)Oc3c(C)c(O)c4c(c3C2=O)C(N)=C(N)C(=NC(=O)/C(C)=C\C=C\[C@@H](C)[C@H](O)[C@@H](C)[C@H](O)[C@@H](C)[C@H](OC(C)=O)[C@@H]1C)C4=O. The van der Waals surface area contributed by atoms with Crippen molar-refractivity contribution in [1.29, 1.82) is 0 Å². The van der Waals surface area contributed by atoms with E-state index in [4.69, 9.17) is 30.4 Å². The van der Waals surface area contributed by atoms with Crippen molar-refractivity contribution in [1.82, 2.24) is 0 Å². The van der Waals surface area contributed by atoms with E-state index in [0.29, 0.717) is 0 Å². The summed E-state index contributed by atoms with van der Waals surface area (Å²) in [5.74, 6) is -8.14. The molecule has 7 N–H and O–H groups in total. The van der Waals surface area contributed by atoms with Gasteiger partial charge in [0.1, 0.15) is 23.3 Å². The fourth-order valence-electron chi connectivity index (χ4n) is 6.72. The first-order chi connectivity index (χ1) is 23.8. The number of Topliss-reactive ketones (excluding diaryl/α,β-unsaturated/α-hetero) is 2. The second kappa shape index (κ2) is 14.8. The average Bonchev–Trinajstić information content (AvgIpc) is 3.35. The average molecular weight is 710 g/mol. The smallest absolute Gasteiger partial charge is 0.312 e. The molecule has 14 heteroatoms. The first-order valence-electron chi connectivity index (χ1n) is 16.6. The van der Waals surface area contributed by atoms with Crippen molar-refractivity contribution in [3.63, 3.8) is 0 Å². The number of rotatable bonds is 2. The number of aliphatic hydroxyl groups excluding tert-OH is 2. The van der Waals surface area contributed by atoms with Crippen molar-refractivity contribution in [2.24, 2.45) is 40.1 Å². The summed E-state index contributed by atoms with van der Waals surface area (Å²) in [6, 6.07) is 0. The third-order valence-electron chi connectivity index (χ3n) is 10.0. The minimum atomic E-state index is -2.00. The molecule has 51 heavy (non-hydrogen) atoms. The number of aliphatic imine (C=N–C) groups is 1. The zero-order valence-corrected chi connectivity index (χ0v) is 30.2. The van der Waals surface area contributed by atoms with Gasteiger partial charge in [-0.2, -0.15) is 0 Å². The maximum Gasteiger partial charge on any atom is 0.312 e. The molecule has 3 heterocycles. The van der Waals surface area contributed by atoms with Crippen LogP contribution in [0, 0.1) is 30.6 Å². The summed E-state index contributed by atoms with van der Waals surface area (Å²) < 4.78 is 23.2. The molecule has 5 bridgehead atoms. The van der Waals surface area contributed by atoms with Crippen molar-refractivity contribution in [3.05, 3.63) is 64.1 Å². The number of fused-ring (bicyclic) bond motifs is 13. The van der Waals surface area contributed by atoms with Gasteiger partial charge < -0.3 is 45.7 Å². The molecule has 1 amide bonds. The van der Waals surface area contributed by atoms with Crippen molar-refractivity contribution in [3.8, 4) is 11.5 Å². The highest BCUT2D eigenvalue weighted by Crippen LogP contribution is 2.49. The number of aliphatic hydroxyl groups is 2. The normalized spacial score (nSPS) is 34.2. The van der Waals surface area contributed by atoms with E-state index in [0.717, 1.165) is 0 Å². The van der Waals surface area contributed by atoms with Gasteiger partial charge in [0.15, 0.2) is 0 Å². The summed E-state index contributed by atoms with van der Waals surface area (Å²) in [4.78, 5) is 57.1. The first-order valence-corrected chi connectivity index (χ1v) is 16.6. The predicted molar refractivity (Wildman–Crippen MR) is 186 cm³/mol. The first kappa shape index (κ1) is 39.0.